The van der Waals surface area contributed by atoms with Gasteiger partial charge < -0.3 is 14.8 Å². The lowest BCUT2D eigenvalue weighted by Gasteiger charge is -2.30. The number of dihydropyridines is 1. The Bertz CT molecular complexity index is 916. The molecule has 154 valence electrons. The number of nitro groups is 1. The van der Waals surface area contributed by atoms with Crippen molar-refractivity contribution in [3.8, 4) is 0 Å². The maximum absolute atomic E-state index is 12.9. The van der Waals surface area contributed by atoms with Crippen molar-refractivity contribution in [3.05, 3.63) is 75.1 Å². The van der Waals surface area contributed by atoms with E-state index in [2.05, 4.69) is 11.9 Å². The van der Waals surface area contributed by atoms with E-state index < -0.39 is 28.9 Å². The molecule has 0 aromatic heterocycles. The third kappa shape index (κ3) is 4.71. The van der Waals surface area contributed by atoms with Crippen LogP contribution in [-0.4, -0.2) is 29.6 Å². The smallest absolute Gasteiger partial charge is 0.337 e. The molecule has 2 rings (SSSR count). The maximum atomic E-state index is 12.9. The lowest BCUT2D eigenvalue weighted by molar-refractivity contribution is -0.384. The number of hydrogen-bond donors (Lipinski definition) is 1. The number of allylic oxidation sites excluding steroid dienone is 2. The van der Waals surface area contributed by atoms with Crippen LogP contribution in [0.1, 0.15) is 39.2 Å². The second-order valence-corrected chi connectivity index (χ2v) is 6.55. The molecule has 0 bridgehead atoms. The molecule has 0 saturated heterocycles. The van der Waals surface area contributed by atoms with Crippen LogP contribution in [-0.2, 0) is 19.1 Å². The van der Waals surface area contributed by atoms with E-state index in [1.807, 2.05) is 0 Å². The van der Waals surface area contributed by atoms with Crippen LogP contribution in [0.2, 0.25) is 0 Å². The Morgan fingerprint density at radius 3 is 2.45 bits per heavy atom. The first-order valence-corrected chi connectivity index (χ1v) is 9.14. The average Bonchev–Trinajstić information content (AvgIpc) is 2.67. The molecule has 0 amide bonds. The van der Waals surface area contributed by atoms with Crippen molar-refractivity contribution in [2.75, 3.05) is 6.61 Å². The van der Waals surface area contributed by atoms with E-state index in [0.29, 0.717) is 17.0 Å². The molecule has 29 heavy (non-hydrogen) atoms. The van der Waals surface area contributed by atoms with Gasteiger partial charge in [0.1, 0.15) is 6.10 Å². The monoisotopic (exact) mass is 400 g/mol. The van der Waals surface area contributed by atoms with Gasteiger partial charge in [0, 0.05) is 23.5 Å². The Morgan fingerprint density at radius 2 is 1.90 bits per heavy atom. The van der Waals surface area contributed by atoms with Crippen LogP contribution >= 0.6 is 0 Å². The molecule has 0 spiro atoms. The summed E-state index contributed by atoms with van der Waals surface area (Å²) in [7, 11) is 0. The molecule has 8 heteroatoms. The largest absolute Gasteiger partial charge is 0.463 e. The van der Waals surface area contributed by atoms with Gasteiger partial charge in [0.25, 0.3) is 5.69 Å². The fourth-order valence-corrected chi connectivity index (χ4v) is 3.18. The molecule has 2 atom stereocenters. The van der Waals surface area contributed by atoms with Gasteiger partial charge in [0.15, 0.2) is 0 Å². The molecule has 1 N–H and O–H groups in total. The van der Waals surface area contributed by atoms with Gasteiger partial charge in [0.2, 0.25) is 0 Å². The number of ether oxygens (including phenoxy) is 2. The summed E-state index contributed by atoms with van der Waals surface area (Å²) in [6.45, 7) is 10.5. The molecule has 1 heterocycles. The minimum absolute atomic E-state index is 0.146. The first-order chi connectivity index (χ1) is 13.7. The first-order valence-electron chi connectivity index (χ1n) is 9.14. The molecule has 0 fully saturated rings. The summed E-state index contributed by atoms with van der Waals surface area (Å²) in [5, 5.41) is 14.3. The van der Waals surface area contributed by atoms with Crippen LogP contribution in [0.3, 0.4) is 0 Å². The van der Waals surface area contributed by atoms with Crippen molar-refractivity contribution in [3.63, 3.8) is 0 Å². The number of nitrogens with one attached hydrogen (secondary N) is 1. The number of hydrogen-bond acceptors (Lipinski definition) is 7. The number of benzene rings is 1. The zero-order chi connectivity index (χ0) is 21.7. The van der Waals surface area contributed by atoms with Gasteiger partial charge in [-0.05, 0) is 33.3 Å². The fraction of sp³-hybridized carbons (Fsp3) is 0.333. The summed E-state index contributed by atoms with van der Waals surface area (Å²) in [5.74, 6) is -2.13. The second-order valence-electron chi connectivity index (χ2n) is 6.55. The minimum atomic E-state index is -0.875. The van der Waals surface area contributed by atoms with E-state index in [1.54, 1.807) is 33.8 Å². The Balaban J connectivity index is 2.67. The highest BCUT2D eigenvalue weighted by Gasteiger charge is 2.38. The molecule has 0 saturated carbocycles. The van der Waals surface area contributed by atoms with E-state index in [1.165, 1.54) is 24.3 Å². The van der Waals surface area contributed by atoms with Gasteiger partial charge in [0.05, 0.1) is 28.6 Å². The first kappa shape index (κ1) is 21.9. The highest BCUT2D eigenvalue weighted by Crippen LogP contribution is 2.40. The number of nitro benzene ring substituents is 1. The molecule has 8 nitrogen and oxygen atoms in total. The topological polar surface area (TPSA) is 108 Å². The van der Waals surface area contributed by atoms with Crippen LogP contribution < -0.4 is 5.32 Å². The number of nitrogens with zero attached hydrogens (tertiary/aromatic N) is 1. The molecular formula is C21H24N2O6. The number of carbonyl (C=O) groups excluding carboxylic acids is 2. The molecule has 1 aromatic carbocycles. The lowest BCUT2D eigenvalue weighted by Crippen LogP contribution is -2.33. The highest BCUT2D eigenvalue weighted by molar-refractivity contribution is 6.00. The van der Waals surface area contributed by atoms with Crippen LogP contribution in [0.25, 0.3) is 0 Å². The predicted octanol–water partition coefficient (Wildman–Crippen LogP) is 3.51. The third-order valence-electron chi connectivity index (χ3n) is 4.51. The van der Waals surface area contributed by atoms with Crippen molar-refractivity contribution in [1.29, 1.82) is 0 Å². The Kier molecular flexibility index (Phi) is 6.93. The van der Waals surface area contributed by atoms with Crippen LogP contribution in [0.4, 0.5) is 5.69 Å². The predicted molar refractivity (Wildman–Crippen MR) is 107 cm³/mol. The Hall–Kier alpha value is -3.42. The second kappa shape index (κ2) is 9.18. The summed E-state index contributed by atoms with van der Waals surface area (Å²) in [4.78, 5) is 36.4. The van der Waals surface area contributed by atoms with Crippen molar-refractivity contribution in [1.82, 2.24) is 5.32 Å². The van der Waals surface area contributed by atoms with E-state index in [9.17, 15) is 19.7 Å². The molecular weight excluding hydrogens is 376 g/mol. The normalized spacial score (nSPS) is 17.3. The molecule has 1 aliphatic heterocycles. The minimum Gasteiger partial charge on any atom is -0.463 e. The highest BCUT2D eigenvalue weighted by atomic mass is 16.6. The summed E-state index contributed by atoms with van der Waals surface area (Å²) in [5.41, 5.74) is 1.66. The van der Waals surface area contributed by atoms with Gasteiger partial charge in [-0.15, -0.1) is 0 Å². The number of rotatable bonds is 7. The standard InChI is InChI=1S/C21H24N2O6/c1-6-12(3)29-21(25)18-14(5)22-13(4)17(20(24)28-7-2)19(18)15-9-8-10-16(11-15)23(26)27/h6,8-12,19,22H,1,7H2,2-5H3. The Morgan fingerprint density at radius 1 is 1.28 bits per heavy atom. The van der Waals surface area contributed by atoms with Gasteiger partial charge in [-0.25, -0.2) is 9.59 Å². The van der Waals surface area contributed by atoms with Crippen LogP contribution in [0.5, 0.6) is 0 Å². The zero-order valence-electron chi connectivity index (χ0n) is 16.9. The summed E-state index contributed by atoms with van der Waals surface area (Å²) < 4.78 is 10.6. The Labute approximate surface area is 169 Å². The molecule has 1 aliphatic rings. The number of carbonyl (C=O) groups is 2. The quantitative estimate of drug-likeness (QED) is 0.323. The summed E-state index contributed by atoms with van der Waals surface area (Å²) in [6, 6.07) is 5.84. The number of non-ortho nitro benzene ring substituents is 1. The number of esters is 2. The van der Waals surface area contributed by atoms with Crippen molar-refractivity contribution in [2.24, 2.45) is 0 Å². The summed E-state index contributed by atoms with van der Waals surface area (Å²) in [6.07, 6.45) is 0.923. The third-order valence-corrected chi connectivity index (χ3v) is 4.51. The van der Waals surface area contributed by atoms with Gasteiger partial charge >= 0.3 is 11.9 Å². The van der Waals surface area contributed by atoms with E-state index >= 15 is 0 Å². The molecule has 2 unspecified atom stereocenters. The van der Waals surface area contributed by atoms with E-state index in [0.717, 1.165) is 0 Å². The zero-order valence-corrected chi connectivity index (χ0v) is 16.9. The summed E-state index contributed by atoms with van der Waals surface area (Å²) >= 11 is 0. The van der Waals surface area contributed by atoms with Gasteiger partial charge in [-0.1, -0.05) is 24.8 Å². The van der Waals surface area contributed by atoms with Crippen molar-refractivity contribution < 1.29 is 24.0 Å². The average molecular weight is 400 g/mol. The molecule has 1 aromatic rings. The lowest BCUT2D eigenvalue weighted by atomic mass is 9.80. The fourth-order valence-electron chi connectivity index (χ4n) is 3.18. The van der Waals surface area contributed by atoms with Gasteiger partial charge in [-0.2, -0.15) is 0 Å². The van der Waals surface area contributed by atoms with Crippen molar-refractivity contribution >= 4 is 17.6 Å². The SMILES string of the molecule is C=CC(C)OC(=O)C1=C(C)NC(C)=C(C(=O)OCC)C1c1cccc([N+](=O)[O-])c1. The maximum Gasteiger partial charge on any atom is 0.337 e. The van der Waals surface area contributed by atoms with Gasteiger partial charge in [-0.3, -0.25) is 10.1 Å². The van der Waals surface area contributed by atoms with Crippen LogP contribution in [0, 0.1) is 10.1 Å². The van der Waals surface area contributed by atoms with E-state index in [-0.39, 0.29) is 23.4 Å². The van der Waals surface area contributed by atoms with Crippen molar-refractivity contribution in [2.45, 2.75) is 39.7 Å². The molecule has 0 aliphatic carbocycles. The van der Waals surface area contributed by atoms with E-state index in [4.69, 9.17) is 9.47 Å². The van der Waals surface area contributed by atoms with Crippen LogP contribution in [0.15, 0.2) is 59.5 Å². The molecule has 0 radical (unpaired) electrons.